The van der Waals surface area contributed by atoms with Crippen LogP contribution in [0.25, 0.3) is 0 Å². The molecule has 0 heterocycles. The molecule has 4 aliphatic carbocycles. The zero-order valence-corrected chi connectivity index (χ0v) is 9.73. The second kappa shape index (κ2) is 2.37. The van der Waals surface area contributed by atoms with E-state index in [-0.39, 0.29) is 0 Å². The van der Waals surface area contributed by atoms with Crippen molar-refractivity contribution >= 4 is 0 Å². The van der Waals surface area contributed by atoms with Gasteiger partial charge in [0.1, 0.15) is 0 Å². The molecule has 1 heteroatoms. The molecule has 4 atom stereocenters. The summed E-state index contributed by atoms with van der Waals surface area (Å²) in [6.07, 6.45) is 9.00. The van der Waals surface area contributed by atoms with Crippen LogP contribution < -0.4 is 5.73 Å². The minimum Gasteiger partial charge on any atom is -0.357 e. The van der Waals surface area contributed by atoms with Crippen molar-refractivity contribution in [1.29, 1.82) is 0 Å². The molecule has 4 fully saturated rings. The van der Waals surface area contributed by atoms with Gasteiger partial charge in [-0.15, -0.1) is 0 Å². The van der Waals surface area contributed by atoms with Gasteiger partial charge in [-0.25, -0.2) is 0 Å². The van der Waals surface area contributed by atoms with Crippen molar-refractivity contribution in [2.45, 2.75) is 52.4 Å². The number of quaternary nitrogens is 1. The Labute approximate surface area is 87.4 Å². The van der Waals surface area contributed by atoms with E-state index in [1.165, 1.54) is 45.1 Å². The number of hydrogen-bond acceptors (Lipinski definition) is 0. The lowest BCUT2D eigenvalue weighted by molar-refractivity contribution is -0.408. The van der Waals surface area contributed by atoms with Gasteiger partial charge in [0.05, 0.1) is 6.54 Å². The molecule has 4 aliphatic rings. The summed E-state index contributed by atoms with van der Waals surface area (Å²) in [5.41, 5.74) is 6.27. The van der Waals surface area contributed by atoms with Crippen molar-refractivity contribution in [3.8, 4) is 0 Å². The Balaban J connectivity index is 2.01. The van der Waals surface area contributed by atoms with Crippen LogP contribution in [0.1, 0.15) is 52.4 Å². The van der Waals surface area contributed by atoms with Gasteiger partial charge >= 0.3 is 0 Å². The van der Waals surface area contributed by atoms with Crippen LogP contribution in [0.15, 0.2) is 0 Å². The molecule has 0 saturated heterocycles. The van der Waals surface area contributed by atoms with Gasteiger partial charge in [-0.2, -0.15) is 0 Å². The predicted octanol–water partition coefficient (Wildman–Crippen LogP) is 2.22. The van der Waals surface area contributed by atoms with Crippen LogP contribution in [0.3, 0.4) is 0 Å². The van der Waals surface area contributed by atoms with E-state index in [1.54, 1.807) is 0 Å². The van der Waals surface area contributed by atoms with Gasteiger partial charge in [-0.3, -0.25) is 0 Å². The third-order valence-corrected chi connectivity index (χ3v) is 5.27. The summed E-state index contributed by atoms with van der Waals surface area (Å²) in [5.74, 6) is 1.04. The van der Waals surface area contributed by atoms with E-state index in [0.29, 0.717) is 16.2 Å². The smallest absolute Gasteiger partial charge is 0.0797 e. The Morgan fingerprint density at radius 2 is 1.57 bits per heavy atom. The third kappa shape index (κ3) is 1.11. The number of rotatable bonds is 1. The first-order valence-corrected chi connectivity index (χ1v) is 6.26. The van der Waals surface area contributed by atoms with Crippen LogP contribution in [0, 0.1) is 22.2 Å². The minimum atomic E-state index is 0.656. The first-order chi connectivity index (χ1) is 6.47. The molecule has 0 aromatic heterocycles. The lowest BCUT2D eigenvalue weighted by atomic mass is 9.40. The standard InChI is InChI=1S/C13H23N/c1-11-3-10-4-12(2,6-11)8-13(5-10,7-11)9-14/h10H,3-9,14H2,1-2H3/p+1/t10?,11-,12+,13?. The minimum absolute atomic E-state index is 0.656. The van der Waals surface area contributed by atoms with E-state index in [4.69, 9.17) is 0 Å². The molecule has 4 bridgehead atoms. The topological polar surface area (TPSA) is 27.6 Å². The van der Waals surface area contributed by atoms with E-state index in [2.05, 4.69) is 19.6 Å². The van der Waals surface area contributed by atoms with E-state index < -0.39 is 0 Å². The summed E-state index contributed by atoms with van der Waals surface area (Å²) in [5, 5.41) is 0. The van der Waals surface area contributed by atoms with E-state index in [9.17, 15) is 0 Å². The molecule has 0 aromatic carbocycles. The molecule has 4 saturated carbocycles. The average molecular weight is 194 g/mol. The highest BCUT2D eigenvalue weighted by atomic mass is 14.7. The largest absolute Gasteiger partial charge is 0.357 e. The van der Waals surface area contributed by atoms with Crippen LogP contribution in [0.5, 0.6) is 0 Å². The summed E-state index contributed by atoms with van der Waals surface area (Å²) in [6, 6.07) is 0. The fourth-order valence-electron chi connectivity index (χ4n) is 5.96. The van der Waals surface area contributed by atoms with Crippen molar-refractivity contribution in [3.63, 3.8) is 0 Å². The lowest BCUT2D eigenvalue weighted by Gasteiger charge is -2.64. The van der Waals surface area contributed by atoms with Gasteiger partial charge in [0.25, 0.3) is 0 Å². The zero-order valence-electron chi connectivity index (χ0n) is 9.73. The van der Waals surface area contributed by atoms with E-state index in [0.717, 1.165) is 5.92 Å². The van der Waals surface area contributed by atoms with Crippen molar-refractivity contribution in [3.05, 3.63) is 0 Å². The van der Waals surface area contributed by atoms with Crippen LogP contribution in [0.2, 0.25) is 0 Å². The normalized spacial score (nSPS) is 60.6. The first kappa shape index (κ1) is 9.21. The van der Waals surface area contributed by atoms with Crippen LogP contribution >= 0.6 is 0 Å². The van der Waals surface area contributed by atoms with Crippen molar-refractivity contribution in [1.82, 2.24) is 0 Å². The van der Waals surface area contributed by atoms with Gasteiger partial charge in [0, 0.05) is 5.41 Å². The maximum Gasteiger partial charge on any atom is 0.0797 e. The molecule has 1 nitrogen and oxygen atoms in total. The molecule has 0 aromatic rings. The summed E-state index contributed by atoms with van der Waals surface area (Å²) >= 11 is 0. The highest BCUT2D eigenvalue weighted by Crippen LogP contribution is 2.69. The summed E-state index contributed by atoms with van der Waals surface area (Å²) in [4.78, 5) is 0. The summed E-state index contributed by atoms with van der Waals surface area (Å²) in [7, 11) is 0. The molecule has 0 amide bonds. The van der Waals surface area contributed by atoms with Gasteiger partial charge in [-0.1, -0.05) is 13.8 Å². The quantitative estimate of drug-likeness (QED) is 0.663. The van der Waals surface area contributed by atoms with Crippen molar-refractivity contribution in [2.75, 3.05) is 6.54 Å². The Bertz CT molecular complexity index is 252. The van der Waals surface area contributed by atoms with Crippen LogP contribution in [0.4, 0.5) is 0 Å². The predicted molar refractivity (Wildman–Crippen MR) is 57.6 cm³/mol. The van der Waals surface area contributed by atoms with Crippen LogP contribution in [-0.4, -0.2) is 6.54 Å². The molecule has 2 unspecified atom stereocenters. The Kier molecular flexibility index (Phi) is 1.56. The second-order valence-electron chi connectivity index (χ2n) is 7.38. The van der Waals surface area contributed by atoms with Gasteiger partial charge in [0.2, 0.25) is 0 Å². The molecule has 0 aliphatic heterocycles. The van der Waals surface area contributed by atoms with E-state index >= 15 is 0 Å². The van der Waals surface area contributed by atoms with Crippen molar-refractivity contribution in [2.24, 2.45) is 22.2 Å². The molecular formula is C13H24N+. The van der Waals surface area contributed by atoms with Crippen LogP contribution in [-0.2, 0) is 0 Å². The van der Waals surface area contributed by atoms with Crippen molar-refractivity contribution < 1.29 is 5.73 Å². The molecule has 80 valence electrons. The molecule has 0 spiro atoms. The lowest BCUT2D eigenvalue weighted by Crippen LogP contribution is -2.66. The van der Waals surface area contributed by atoms with Gasteiger partial charge in [0.15, 0.2) is 0 Å². The van der Waals surface area contributed by atoms with Gasteiger partial charge < -0.3 is 5.73 Å². The maximum atomic E-state index is 4.24. The second-order valence-corrected chi connectivity index (χ2v) is 7.38. The molecular weight excluding hydrogens is 170 g/mol. The zero-order chi connectivity index (χ0) is 10.0. The fourth-order valence-corrected chi connectivity index (χ4v) is 5.96. The maximum absolute atomic E-state index is 4.24. The fraction of sp³-hybridized carbons (Fsp3) is 1.00. The third-order valence-electron chi connectivity index (χ3n) is 5.27. The SMILES string of the molecule is C[C@]12CC3CC(C[NH3+])(C1)C[C@@](C)(C3)C2. The Hall–Kier alpha value is -0.0400. The van der Waals surface area contributed by atoms with E-state index in [1.807, 2.05) is 0 Å². The molecule has 0 radical (unpaired) electrons. The molecule has 4 rings (SSSR count). The highest BCUT2D eigenvalue weighted by Gasteiger charge is 2.60. The Morgan fingerprint density at radius 1 is 1.00 bits per heavy atom. The molecule has 14 heavy (non-hydrogen) atoms. The average Bonchev–Trinajstić information content (AvgIpc) is 1.97. The monoisotopic (exact) mass is 194 g/mol. The molecule has 3 N–H and O–H groups in total. The number of hydrogen-bond donors (Lipinski definition) is 1. The summed E-state index contributed by atoms with van der Waals surface area (Å²) in [6.45, 7) is 6.27. The summed E-state index contributed by atoms with van der Waals surface area (Å²) < 4.78 is 0. The first-order valence-electron chi connectivity index (χ1n) is 6.26. The van der Waals surface area contributed by atoms with Gasteiger partial charge in [-0.05, 0) is 55.3 Å². The Morgan fingerprint density at radius 3 is 2.00 bits per heavy atom. The highest BCUT2D eigenvalue weighted by molar-refractivity contribution is 5.09.